The molecular formula is C12H14N4. The lowest BCUT2D eigenvalue weighted by Gasteiger charge is -2.17. The number of hydrogen-bond donors (Lipinski definition) is 0. The van der Waals surface area contributed by atoms with Gasteiger partial charge in [-0.15, -0.1) is 0 Å². The highest BCUT2D eigenvalue weighted by atomic mass is 15.1. The van der Waals surface area contributed by atoms with E-state index in [2.05, 4.69) is 17.1 Å². The second-order valence-electron chi connectivity index (χ2n) is 3.72. The van der Waals surface area contributed by atoms with Crippen LogP contribution in [-0.4, -0.2) is 19.1 Å². The maximum Gasteiger partial charge on any atom is 0.146 e. The molecule has 0 N–H and O–H groups in total. The molecule has 1 heterocycles. The minimum Gasteiger partial charge on any atom is -0.362 e. The number of nitrogens with zero attached hydrogens (tertiary/aromatic N) is 4. The molecule has 1 aromatic rings. The second-order valence-corrected chi connectivity index (χ2v) is 3.72. The van der Waals surface area contributed by atoms with E-state index in [1.165, 1.54) is 0 Å². The van der Waals surface area contributed by atoms with Crippen LogP contribution < -0.4 is 4.90 Å². The van der Waals surface area contributed by atoms with Crippen LogP contribution in [0.3, 0.4) is 0 Å². The monoisotopic (exact) mass is 214 g/mol. The zero-order valence-electron chi connectivity index (χ0n) is 10.00. The summed E-state index contributed by atoms with van der Waals surface area (Å²) in [5, 5.41) is 18.2. The van der Waals surface area contributed by atoms with E-state index in [-0.39, 0.29) is 0 Å². The van der Waals surface area contributed by atoms with E-state index in [0.29, 0.717) is 29.1 Å². The molecule has 0 radical (unpaired) electrons. The Labute approximate surface area is 95.8 Å². The highest BCUT2D eigenvalue weighted by Crippen LogP contribution is 2.25. The number of aromatic nitrogens is 1. The lowest BCUT2D eigenvalue weighted by molar-refractivity contribution is 0.996. The van der Waals surface area contributed by atoms with Crippen LogP contribution in [-0.2, 0) is 6.42 Å². The maximum absolute atomic E-state index is 9.16. The topological polar surface area (TPSA) is 63.7 Å². The van der Waals surface area contributed by atoms with E-state index in [4.69, 9.17) is 10.5 Å². The summed E-state index contributed by atoms with van der Waals surface area (Å²) < 4.78 is 0. The molecule has 16 heavy (non-hydrogen) atoms. The Morgan fingerprint density at radius 3 is 2.12 bits per heavy atom. The van der Waals surface area contributed by atoms with Crippen LogP contribution in [0.2, 0.25) is 0 Å². The fourth-order valence-corrected chi connectivity index (χ4v) is 1.69. The average Bonchev–Trinajstić information content (AvgIpc) is 2.27. The van der Waals surface area contributed by atoms with Gasteiger partial charge in [0, 0.05) is 14.1 Å². The molecule has 0 saturated heterocycles. The molecule has 0 spiro atoms. The van der Waals surface area contributed by atoms with Crippen molar-refractivity contribution in [1.82, 2.24) is 4.98 Å². The largest absolute Gasteiger partial charge is 0.362 e. The van der Waals surface area contributed by atoms with Crippen molar-refractivity contribution in [3.63, 3.8) is 0 Å². The molecule has 4 nitrogen and oxygen atoms in total. The number of rotatable bonds is 2. The van der Waals surface area contributed by atoms with E-state index in [9.17, 15) is 0 Å². The SMILES string of the molecule is CCc1c(C#N)c(C)nc(N(C)C)c1C#N. The Hall–Kier alpha value is -2.07. The van der Waals surface area contributed by atoms with Crippen molar-refractivity contribution in [3.8, 4) is 12.1 Å². The van der Waals surface area contributed by atoms with Gasteiger partial charge in [0.1, 0.15) is 18.0 Å². The van der Waals surface area contributed by atoms with Gasteiger partial charge in [0.25, 0.3) is 0 Å². The lowest BCUT2D eigenvalue weighted by atomic mass is 9.99. The molecule has 4 heteroatoms. The molecule has 1 aromatic heterocycles. The molecule has 0 aromatic carbocycles. The van der Waals surface area contributed by atoms with Crippen molar-refractivity contribution in [3.05, 3.63) is 22.4 Å². The van der Waals surface area contributed by atoms with Gasteiger partial charge in [0.15, 0.2) is 0 Å². The molecule has 0 saturated carbocycles. The molecule has 0 unspecified atom stereocenters. The summed E-state index contributed by atoms with van der Waals surface area (Å²) in [5.41, 5.74) is 2.52. The van der Waals surface area contributed by atoms with Crippen molar-refractivity contribution < 1.29 is 0 Å². The van der Waals surface area contributed by atoms with Crippen molar-refractivity contribution >= 4 is 5.82 Å². The molecule has 0 atom stereocenters. The Bertz CT molecular complexity index is 489. The fourth-order valence-electron chi connectivity index (χ4n) is 1.69. The second kappa shape index (κ2) is 4.63. The van der Waals surface area contributed by atoms with Gasteiger partial charge in [-0.1, -0.05) is 6.92 Å². The summed E-state index contributed by atoms with van der Waals surface area (Å²) in [7, 11) is 3.68. The molecule has 82 valence electrons. The van der Waals surface area contributed by atoms with Crippen molar-refractivity contribution in [2.75, 3.05) is 19.0 Å². The molecule has 0 aliphatic heterocycles. The first-order valence-corrected chi connectivity index (χ1v) is 5.07. The third kappa shape index (κ3) is 1.83. The van der Waals surface area contributed by atoms with Gasteiger partial charge in [-0.3, -0.25) is 0 Å². The van der Waals surface area contributed by atoms with Crippen LogP contribution in [0, 0.1) is 29.6 Å². The Morgan fingerprint density at radius 2 is 1.75 bits per heavy atom. The number of pyridine rings is 1. The van der Waals surface area contributed by atoms with Crippen LogP contribution >= 0.6 is 0 Å². The molecule has 0 amide bonds. The predicted octanol–water partition coefficient (Wildman–Crippen LogP) is 1.76. The van der Waals surface area contributed by atoms with Crippen LogP contribution in [0.1, 0.15) is 29.3 Å². The molecule has 0 fully saturated rings. The van der Waals surface area contributed by atoms with E-state index in [0.717, 1.165) is 5.56 Å². The molecular weight excluding hydrogens is 200 g/mol. The van der Waals surface area contributed by atoms with Crippen LogP contribution in [0.5, 0.6) is 0 Å². The molecule has 0 aliphatic rings. The highest BCUT2D eigenvalue weighted by Gasteiger charge is 2.17. The van der Waals surface area contributed by atoms with E-state index >= 15 is 0 Å². The molecule has 0 aliphatic carbocycles. The molecule has 1 rings (SSSR count). The van der Waals surface area contributed by atoms with Crippen LogP contribution in [0.4, 0.5) is 5.82 Å². The average molecular weight is 214 g/mol. The minimum atomic E-state index is 0.509. The summed E-state index contributed by atoms with van der Waals surface area (Å²) in [6, 6.07) is 4.27. The van der Waals surface area contributed by atoms with Gasteiger partial charge in [-0.05, 0) is 18.9 Å². The summed E-state index contributed by atoms with van der Waals surface area (Å²) >= 11 is 0. The first-order valence-electron chi connectivity index (χ1n) is 5.07. The summed E-state index contributed by atoms with van der Waals surface area (Å²) in [5.74, 6) is 0.635. The summed E-state index contributed by atoms with van der Waals surface area (Å²) in [4.78, 5) is 6.10. The minimum absolute atomic E-state index is 0.509. The predicted molar refractivity (Wildman–Crippen MR) is 62.1 cm³/mol. The third-order valence-corrected chi connectivity index (χ3v) is 2.46. The normalized spacial score (nSPS) is 9.38. The first kappa shape index (κ1) is 12.0. The zero-order chi connectivity index (χ0) is 12.3. The van der Waals surface area contributed by atoms with E-state index in [1.54, 1.807) is 11.8 Å². The zero-order valence-corrected chi connectivity index (χ0v) is 10.00. The Kier molecular flexibility index (Phi) is 3.48. The van der Waals surface area contributed by atoms with Gasteiger partial charge in [-0.2, -0.15) is 10.5 Å². The van der Waals surface area contributed by atoms with Gasteiger partial charge in [0.05, 0.1) is 16.8 Å². The fraction of sp³-hybridized carbons (Fsp3) is 0.417. The maximum atomic E-state index is 9.16. The van der Waals surface area contributed by atoms with Crippen molar-refractivity contribution in [2.24, 2.45) is 0 Å². The van der Waals surface area contributed by atoms with Gasteiger partial charge in [0.2, 0.25) is 0 Å². The van der Waals surface area contributed by atoms with Gasteiger partial charge >= 0.3 is 0 Å². The van der Waals surface area contributed by atoms with Crippen molar-refractivity contribution in [2.45, 2.75) is 20.3 Å². The highest BCUT2D eigenvalue weighted by molar-refractivity contribution is 5.62. The van der Waals surface area contributed by atoms with E-state index < -0.39 is 0 Å². The molecule has 0 bridgehead atoms. The van der Waals surface area contributed by atoms with Crippen LogP contribution in [0.25, 0.3) is 0 Å². The third-order valence-electron chi connectivity index (χ3n) is 2.46. The van der Waals surface area contributed by atoms with E-state index in [1.807, 2.05) is 21.0 Å². The summed E-state index contributed by atoms with van der Waals surface area (Å²) in [6.45, 7) is 3.74. The smallest absolute Gasteiger partial charge is 0.146 e. The number of aryl methyl sites for hydroxylation is 1. The summed E-state index contributed by atoms with van der Waals surface area (Å²) in [6.07, 6.45) is 0.663. The number of hydrogen-bond acceptors (Lipinski definition) is 4. The van der Waals surface area contributed by atoms with Crippen LogP contribution in [0.15, 0.2) is 0 Å². The van der Waals surface area contributed by atoms with Gasteiger partial charge in [-0.25, -0.2) is 4.98 Å². The quantitative estimate of drug-likeness (QED) is 0.752. The Morgan fingerprint density at radius 1 is 1.19 bits per heavy atom. The standard InChI is InChI=1S/C12H14N4/c1-5-9-10(6-13)8(2)15-12(16(3)4)11(9)7-14/h5H2,1-4H3. The van der Waals surface area contributed by atoms with Gasteiger partial charge < -0.3 is 4.90 Å². The Balaban J connectivity index is 3.67. The first-order chi connectivity index (χ1) is 7.56. The number of anilines is 1. The number of nitriles is 2. The van der Waals surface area contributed by atoms with Crippen molar-refractivity contribution in [1.29, 1.82) is 10.5 Å². The lowest BCUT2D eigenvalue weighted by Crippen LogP contribution is -2.15.